The van der Waals surface area contributed by atoms with Crippen LogP contribution in [0.15, 0.2) is 30.3 Å². The molecule has 2 N–H and O–H groups in total. The fourth-order valence-electron chi connectivity index (χ4n) is 3.90. The van der Waals surface area contributed by atoms with Crippen LogP contribution in [-0.4, -0.2) is 37.3 Å². The zero-order valence-corrected chi connectivity index (χ0v) is 13.3. The van der Waals surface area contributed by atoms with Crippen molar-refractivity contribution in [2.45, 2.75) is 43.8 Å². The lowest BCUT2D eigenvalue weighted by atomic mass is 9.80. The zero-order valence-electron chi connectivity index (χ0n) is 13.3. The summed E-state index contributed by atoms with van der Waals surface area (Å²) in [7, 11) is 2.11. The highest BCUT2D eigenvalue weighted by molar-refractivity contribution is 5.81. The van der Waals surface area contributed by atoms with E-state index in [4.69, 9.17) is 4.74 Å². The monoisotopic (exact) mass is 304 g/mol. The van der Waals surface area contributed by atoms with Gasteiger partial charge >= 0.3 is 5.97 Å². The Kier molecular flexibility index (Phi) is 4.50. The minimum absolute atomic E-state index is 0.0334. The largest absolute Gasteiger partial charge is 0.454 e. The third-order valence-corrected chi connectivity index (χ3v) is 5.21. The molecule has 0 spiro atoms. The van der Waals surface area contributed by atoms with Crippen molar-refractivity contribution in [1.29, 1.82) is 0 Å². The lowest BCUT2D eigenvalue weighted by Gasteiger charge is -2.33. The van der Waals surface area contributed by atoms with E-state index in [1.807, 2.05) is 30.3 Å². The van der Waals surface area contributed by atoms with Crippen LogP contribution in [0.2, 0.25) is 0 Å². The summed E-state index contributed by atoms with van der Waals surface area (Å²) >= 11 is 0. The van der Waals surface area contributed by atoms with Crippen molar-refractivity contribution in [2.24, 2.45) is 5.92 Å². The van der Waals surface area contributed by atoms with Crippen LogP contribution < -0.4 is 4.90 Å². The number of quaternary nitrogens is 1. The maximum Gasteiger partial charge on any atom is 0.343 e. The van der Waals surface area contributed by atoms with E-state index in [0.717, 1.165) is 45.2 Å². The number of hydrogen-bond acceptors (Lipinski definition) is 3. The lowest BCUT2D eigenvalue weighted by molar-refractivity contribution is -0.867. The molecule has 2 fully saturated rings. The van der Waals surface area contributed by atoms with E-state index in [9.17, 15) is 9.90 Å². The number of carbonyl (C=O) groups excluding carboxylic acids is 1. The molecule has 2 aliphatic rings. The first kappa shape index (κ1) is 15.5. The van der Waals surface area contributed by atoms with Crippen molar-refractivity contribution >= 4 is 5.97 Å². The first-order chi connectivity index (χ1) is 10.6. The van der Waals surface area contributed by atoms with Gasteiger partial charge in [-0.15, -0.1) is 0 Å². The van der Waals surface area contributed by atoms with Gasteiger partial charge in [0, 0.05) is 12.3 Å². The summed E-state index contributed by atoms with van der Waals surface area (Å²) in [6.07, 6.45) is 4.73. The highest BCUT2D eigenvalue weighted by Crippen LogP contribution is 2.41. The van der Waals surface area contributed by atoms with Crippen molar-refractivity contribution in [3.05, 3.63) is 35.9 Å². The molecule has 4 nitrogen and oxygen atoms in total. The van der Waals surface area contributed by atoms with Gasteiger partial charge in [-0.05, 0) is 18.4 Å². The first-order valence-electron chi connectivity index (χ1n) is 8.41. The van der Waals surface area contributed by atoms with E-state index in [1.54, 1.807) is 0 Å². The zero-order chi connectivity index (χ0) is 15.6. The second-order valence-electron chi connectivity index (χ2n) is 6.84. The van der Waals surface area contributed by atoms with Gasteiger partial charge in [-0.2, -0.15) is 0 Å². The Bertz CT molecular complexity index is 512. The number of likely N-dealkylation sites (N-methyl/N-ethyl adjacent to an activating group) is 1. The highest BCUT2D eigenvalue weighted by Gasteiger charge is 2.48. The SMILES string of the molecule is C[NH+]1CC[C@@H](OC(=O)[C@@](O)(c2ccccc2)C2CCCC2)C1. The van der Waals surface area contributed by atoms with Crippen molar-refractivity contribution in [2.75, 3.05) is 20.1 Å². The first-order valence-corrected chi connectivity index (χ1v) is 8.41. The van der Waals surface area contributed by atoms with Crippen LogP contribution in [0.25, 0.3) is 0 Å². The van der Waals surface area contributed by atoms with Gasteiger partial charge in [-0.25, -0.2) is 4.79 Å². The van der Waals surface area contributed by atoms with Crippen molar-refractivity contribution < 1.29 is 19.5 Å². The standard InChI is InChI=1S/C18H25NO3/c1-19-12-11-16(13-19)22-17(20)18(21,15-9-5-6-10-15)14-7-3-2-4-8-14/h2-4,7-8,15-16,21H,5-6,9-13H2,1H3/p+1/t16-,18-/m1/s1. The normalized spacial score (nSPS) is 28.5. The third kappa shape index (κ3) is 2.90. The van der Waals surface area contributed by atoms with Crippen LogP contribution in [-0.2, 0) is 15.1 Å². The fraction of sp³-hybridized carbons (Fsp3) is 0.611. The van der Waals surface area contributed by atoms with E-state index in [2.05, 4.69) is 7.05 Å². The predicted molar refractivity (Wildman–Crippen MR) is 83.4 cm³/mol. The van der Waals surface area contributed by atoms with E-state index in [0.29, 0.717) is 5.56 Å². The number of carbonyl (C=O) groups is 1. The van der Waals surface area contributed by atoms with Crippen LogP contribution in [0.4, 0.5) is 0 Å². The van der Waals surface area contributed by atoms with Gasteiger partial charge in [0.1, 0.15) is 6.54 Å². The van der Waals surface area contributed by atoms with Crippen molar-refractivity contribution in [1.82, 2.24) is 0 Å². The summed E-state index contributed by atoms with van der Waals surface area (Å²) in [4.78, 5) is 14.2. The number of nitrogens with one attached hydrogen (secondary N) is 1. The molecule has 1 unspecified atom stereocenters. The molecule has 0 radical (unpaired) electrons. The number of hydrogen-bond donors (Lipinski definition) is 2. The maximum absolute atomic E-state index is 12.8. The Balaban J connectivity index is 1.83. The molecule has 22 heavy (non-hydrogen) atoms. The predicted octanol–water partition coefficient (Wildman–Crippen LogP) is 0.895. The summed E-state index contributed by atoms with van der Waals surface area (Å²) in [5, 5.41) is 11.3. The molecule has 3 atom stereocenters. The molecule has 4 heteroatoms. The minimum Gasteiger partial charge on any atom is -0.454 e. The number of ether oxygens (including phenoxy) is 1. The molecule has 0 bridgehead atoms. The molecule has 1 heterocycles. The molecule has 1 saturated carbocycles. The molecule has 0 amide bonds. The van der Waals surface area contributed by atoms with Gasteiger partial charge < -0.3 is 14.7 Å². The smallest absolute Gasteiger partial charge is 0.343 e. The quantitative estimate of drug-likeness (QED) is 0.813. The summed E-state index contributed by atoms with van der Waals surface area (Å²) in [5.41, 5.74) is -0.820. The Hall–Kier alpha value is -1.39. The van der Waals surface area contributed by atoms with Gasteiger partial charge in [-0.1, -0.05) is 43.2 Å². The van der Waals surface area contributed by atoms with Gasteiger partial charge in [0.25, 0.3) is 0 Å². The number of likely N-dealkylation sites (tertiary alicyclic amines) is 1. The van der Waals surface area contributed by atoms with Crippen LogP contribution in [0, 0.1) is 5.92 Å². The number of rotatable bonds is 4. The van der Waals surface area contributed by atoms with Gasteiger partial charge in [0.2, 0.25) is 0 Å². The molecule has 1 aromatic rings. The second-order valence-corrected chi connectivity index (χ2v) is 6.84. The molecule has 120 valence electrons. The topological polar surface area (TPSA) is 51.0 Å². The lowest BCUT2D eigenvalue weighted by Crippen LogP contribution is -3.07. The van der Waals surface area contributed by atoms with Crippen LogP contribution in [0.1, 0.15) is 37.7 Å². The van der Waals surface area contributed by atoms with Crippen molar-refractivity contribution in [3.8, 4) is 0 Å². The number of aliphatic hydroxyl groups is 1. The molecule has 1 saturated heterocycles. The average Bonchev–Trinajstić information content (AvgIpc) is 3.19. The Labute approximate surface area is 132 Å². The Morgan fingerprint density at radius 1 is 1.23 bits per heavy atom. The Morgan fingerprint density at radius 3 is 2.50 bits per heavy atom. The van der Waals surface area contributed by atoms with Crippen LogP contribution in [0.5, 0.6) is 0 Å². The highest BCUT2D eigenvalue weighted by atomic mass is 16.6. The van der Waals surface area contributed by atoms with E-state index < -0.39 is 11.6 Å². The fourth-order valence-corrected chi connectivity index (χ4v) is 3.90. The van der Waals surface area contributed by atoms with Crippen LogP contribution in [0.3, 0.4) is 0 Å². The molecule has 1 aromatic carbocycles. The Morgan fingerprint density at radius 2 is 1.91 bits per heavy atom. The van der Waals surface area contributed by atoms with E-state index in [1.165, 1.54) is 4.90 Å². The summed E-state index contributed by atoms with van der Waals surface area (Å²) < 4.78 is 5.70. The van der Waals surface area contributed by atoms with Crippen LogP contribution >= 0.6 is 0 Å². The van der Waals surface area contributed by atoms with Gasteiger partial charge in [-0.3, -0.25) is 0 Å². The minimum atomic E-state index is -1.49. The summed E-state index contributed by atoms with van der Waals surface area (Å²) in [6.45, 7) is 1.85. The summed E-state index contributed by atoms with van der Waals surface area (Å²) in [5.74, 6) is -0.487. The molecular formula is C18H26NO3+. The molecule has 0 aromatic heterocycles. The summed E-state index contributed by atoms with van der Waals surface area (Å²) in [6, 6.07) is 9.32. The molecular weight excluding hydrogens is 278 g/mol. The average molecular weight is 304 g/mol. The molecule has 1 aliphatic carbocycles. The van der Waals surface area contributed by atoms with E-state index >= 15 is 0 Å². The number of benzene rings is 1. The molecule has 1 aliphatic heterocycles. The number of esters is 1. The van der Waals surface area contributed by atoms with E-state index in [-0.39, 0.29) is 12.0 Å². The van der Waals surface area contributed by atoms with Gasteiger partial charge in [0.15, 0.2) is 11.7 Å². The molecule has 3 rings (SSSR count). The third-order valence-electron chi connectivity index (χ3n) is 5.21. The maximum atomic E-state index is 12.8. The van der Waals surface area contributed by atoms with Crippen molar-refractivity contribution in [3.63, 3.8) is 0 Å². The van der Waals surface area contributed by atoms with Gasteiger partial charge in [0.05, 0.1) is 13.6 Å². The second kappa shape index (κ2) is 6.39.